The first-order valence-corrected chi connectivity index (χ1v) is 6.53. The molecule has 0 saturated heterocycles. The number of aromatic hydroxyl groups is 2. The Bertz CT molecular complexity index is 883. The van der Waals surface area contributed by atoms with Crippen LogP contribution in [0.2, 0.25) is 0 Å². The van der Waals surface area contributed by atoms with Crippen molar-refractivity contribution in [3.63, 3.8) is 0 Å². The molecule has 0 aliphatic carbocycles. The van der Waals surface area contributed by atoms with E-state index in [0.717, 1.165) is 0 Å². The summed E-state index contributed by atoms with van der Waals surface area (Å²) >= 11 is 0. The van der Waals surface area contributed by atoms with E-state index in [1.54, 1.807) is 26.0 Å². The third-order valence-corrected chi connectivity index (χ3v) is 3.49. The Morgan fingerprint density at radius 2 is 1.62 bits per heavy atom. The van der Waals surface area contributed by atoms with Crippen molar-refractivity contribution in [2.24, 2.45) is 0 Å². The number of phenols is 2. The van der Waals surface area contributed by atoms with E-state index in [0.29, 0.717) is 33.4 Å². The van der Waals surface area contributed by atoms with Gasteiger partial charge in [0.25, 0.3) is 0 Å². The second kappa shape index (κ2) is 4.66. The molecule has 1 heterocycles. The molecular formula is C17H14O4. The number of hydrogen-bond acceptors (Lipinski definition) is 4. The molecule has 1 aromatic heterocycles. The molecule has 0 saturated carbocycles. The van der Waals surface area contributed by atoms with Crippen molar-refractivity contribution in [3.05, 3.63) is 57.7 Å². The van der Waals surface area contributed by atoms with Gasteiger partial charge in [-0.3, -0.25) is 4.79 Å². The van der Waals surface area contributed by atoms with Crippen LogP contribution in [0.15, 0.2) is 45.6 Å². The van der Waals surface area contributed by atoms with Crippen LogP contribution >= 0.6 is 0 Å². The van der Waals surface area contributed by atoms with E-state index in [1.165, 1.54) is 24.3 Å². The smallest absolute Gasteiger partial charge is 0.193 e. The van der Waals surface area contributed by atoms with Gasteiger partial charge in [-0.05, 0) is 49.2 Å². The highest BCUT2D eigenvalue weighted by Crippen LogP contribution is 2.30. The first-order valence-electron chi connectivity index (χ1n) is 6.53. The summed E-state index contributed by atoms with van der Waals surface area (Å²) in [4.78, 5) is 12.1. The highest BCUT2D eigenvalue weighted by molar-refractivity contribution is 5.80. The molecule has 0 aliphatic rings. The Morgan fingerprint density at radius 3 is 2.29 bits per heavy atom. The van der Waals surface area contributed by atoms with Crippen LogP contribution in [0.1, 0.15) is 11.1 Å². The van der Waals surface area contributed by atoms with Crippen LogP contribution in [0.3, 0.4) is 0 Å². The molecule has 3 rings (SSSR count). The topological polar surface area (TPSA) is 70.7 Å². The van der Waals surface area contributed by atoms with Crippen molar-refractivity contribution in [1.82, 2.24) is 0 Å². The molecular weight excluding hydrogens is 268 g/mol. The lowest BCUT2D eigenvalue weighted by molar-refractivity contribution is 0.467. The summed E-state index contributed by atoms with van der Waals surface area (Å²) in [5.74, 6) is 0.685. The minimum absolute atomic E-state index is 0.0425. The largest absolute Gasteiger partial charge is 0.508 e. The zero-order valence-electron chi connectivity index (χ0n) is 11.7. The third kappa shape index (κ3) is 2.25. The molecule has 2 N–H and O–H groups in total. The summed E-state index contributed by atoms with van der Waals surface area (Å²) < 4.78 is 5.72. The van der Waals surface area contributed by atoms with Gasteiger partial charge < -0.3 is 14.6 Å². The maximum absolute atomic E-state index is 12.1. The van der Waals surface area contributed by atoms with E-state index >= 15 is 0 Å². The fourth-order valence-corrected chi connectivity index (χ4v) is 2.38. The van der Waals surface area contributed by atoms with Gasteiger partial charge in [0.05, 0.1) is 5.39 Å². The number of hydrogen-bond donors (Lipinski definition) is 2. The summed E-state index contributed by atoms with van der Waals surface area (Å²) in [6, 6.07) is 9.34. The molecule has 0 bridgehead atoms. The van der Waals surface area contributed by atoms with Gasteiger partial charge in [0.15, 0.2) is 5.43 Å². The van der Waals surface area contributed by atoms with Crippen LogP contribution < -0.4 is 5.43 Å². The second-order valence-electron chi connectivity index (χ2n) is 5.11. The molecule has 0 atom stereocenters. The van der Waals surface area contributed by atoms with Crippen LogP contribution in [0.25, 0.3) is 22.3 Å². The summed E-state index contributed by atoms with van der Waals surface area (Å²) in [6.07, 6.45) is 0. The van der Waals surface area contributed by atoms with E-state index in [4.69, 9.17) is 4.42 Å². The first kappa shape index (κ1) is 13.2. The molecule has 0 radical (unpaired) electrons. The van der Waals surface area contributed by atoms with Gasteiger partial charge in [-0.2, -0.15) is 0 Å². The maximum Gasteiger partial charge on any atom is 0.193 e. The standard InChI is InChI=1S/C17H14O4/c1-9-5-11(6-10(2)17(9)20)15-8-14(19)13-4-3-12(18)7-16(13)21-15/h3-8,18,20H,1-2H3. The van der Waals surface area contributed by atoms with Crippen molar-refractivity contribution < 1.29 is 14.6 Å². The molecule has 21 heavy (non-hydrogen) atoms. The lowest BCUT2D eigenvalue weighted by atomic mass is 10.0. The molecule has 0 aliphatic heterocycles. The summed E-state index contributed by atoms with van der Waals surface area (Å²) in [5, 5.41) is 19.7. The lowest BCUT2D eigenvalue weighted by Gasteiger charge is -2.08. The molecule has 4 heteroatoms. The van der Waals surface area contributed by atoms with Gasteiger partial charge in [-0.1, -0.05) is 0 Å². The zero-order valence-corrected chi connectivity index (χ0v) is 11.7. The molecule has 0 fully saturated rings. The zero-order chi connectivity index (χ0) is 15.1. The Balaban J connectivity index is 2.28. The van der Waals surface area contributed by atoms with Crippen molar-refractivity contribution >= 4 is 11.0 Å². The predicted molar refractivity (Wildman–Crippen MR) is 80.7 cm³/mol. The van der Waals surface area contributed by atoms with E-state index in [1.807, 2.05) is 0 Å². The van der Waals surface area contributed by atoms with Gasteiger partial charge >= 0.3 is 0 Å². The quantitative estimate of drug-likeness (QED) is 0.716. The molecule has 0 spiro atoms. The lowest BCUT2D eigenvalue weighted by Crippen LogP contribution is -2.00. The van der Waals surface area contributed by atoms with Gasteiger partial charge in [0.1, 0.15) is 22.8 Å². The minimum atomic E-state index is -0.172. The van der Waals surface area contributed by atoms with Crippen LogP contribution in [0, 0.1) is 13.8 Å². The highest BCUT2D eigenvalue weighted by atomic mass is 16.3. The average molecular weight is 282 g/mol. The van der Waals surface area contributed by atoms with Crippen molar-refractivity contribution in [2.75, 3.05) is 0 Å². The summed E-state index contributed by atoms with van der Waals surface area (Å²) in [7, 11) is 0. The normalized spacial score (nSPS) is 11.0. The van der Waals surface area contributed by atoms with Gasteiger partial charge in [-0.25, -0.2) is 0 Å². The van der Waals surface area contributed by atoms with E-state index in [9.17, 15) is 15.0 Å². The Kier molecular flexibility index (Phi) is 2.94. The predicted octanol–water partition coefficient (Wildman–Crippen LogP) is 3.49. The van der Waals surface area contributed by atoms with Gasteiger partial charge in [-0.15, -0.1) is 0 Å². The number of benzene rings is 2. The number of fused-ring (bicyclic) bond motifs is 1. The van der Waals surface area contributed by atoms with Crippen LogP contribution in [0.5, 0.6) is 11.5 Å². The molecule has 0 unspecified atom stereocenters. The SMILES string of the molecule is Cc1cc(-c2cc(=O)c3ccc(O)cc3o2)cc(C)c1O. The van der Waals surface area contributed by atoms with E-state index in [-0.39, 0.29) is 16.9 Å². The molecule has 3 aromatic rings. The summed E-state index contributed by atoms with van der Waals surface area (Å²) in [6.45, 7) is 3.58. The Hall–Kier alpha value is -2.75. The number of rotatable bonds is 1. The van der Waals surface area contributed by atoms with E-state index < -0.39 is 0 Å². The van der Waals surface area contributed by atoms with E-state index in [2.05, 4.69) is 0 Å². The fraction of sp³-hybridized carbons (Fsp3) is 0.118. The molecule has 4 nitrogen and oxygen atoms in total. The van der Waals surface area contributed by atoms with Crippen LogP contribution in [-0.4, -0.2) is 10.2 Å². The van der Waals surface area contributed by atoms with Crippen molar-refractivity contribution in [3.8, 4) is 22.8 Å². The monoisotopic (exact) mass is 282 g/mol. The van der Waals surface area contributed by atoms with Gasteiger partial charge in [0.2, 0.25) is 0 Å². The third-order valence-electron chi connectivity index (χ3n) is 3.49. The van der Waals surface area contributed by atoms with Crippen molar-refractivity contribution in [1.29, 1.82) is 0 Å². The molecule has 2 aromatic carbocycles. The van der Waals surface area contributed by atoms with Gasteiger partial charge in [0, 0.05) is 17.7 Å². The molecule has 106 valence electrons. The summed E-state index contributed by atoms with van der Waals surface area (Å²) in [5.41, 5.74) is 2.30. The Labute approximate surface area is 120 Å². The number of aryl methyl sites for hydroxylation is 2. The highest BCUT2D eigenvalue weighted by Gasteiger charge is 2.10. The Morgan fingerprint density at radius 1 is 0.952 bits per heavy atom. The van der Waals surface area contributed by atoms with Crippen LogP contribution in [0.4, 0.5) is 0 Å². The average Bonchev–Trinajstić information content (AvgIpc) is 2.43. The number of phenolic OH excluding ortho intramolecular Hbond substituents is 2. The first-order chi connectivity index (χ1) is 9.95. The van der Waals surface area contributed by atoms with Crippen molar-refractivity contribution in [2.45, 2.75) is 13.8 Å². The van der Waals surface area contributed by atoms with Crippen LogP contribution in [-0.2, 0) is 0 Å². The fourth-order valence-electron chi connectivity index (χ4n) is 2.38. The second-order valence-corrected chi connectivity index (χ2v) is 5.11. The molecule has 0 amide bonds. The maximum atomic E-state index is 12.1. The minimum Gasteiger partial charge on any atom is -0.508 e.